The smallest absolute Gasteiger partial charge is 0.314 e. The molecule has 1 fully saturated rings. The van der Waals surface area contributed by atoms with Gasteiger partial charge in [0.25, 0.3) is 0 Å². The van der Waals surface area contributed by atoms with Crippen LogP contribution in [-0.2, 0) is 10.2 Å². The van der Waals surface area contributed by atoms with Crippen molar-refractivity contribution in [3.8, 4) is 0 Å². The number of allylic oxidation sites excluding steroid dienone is 1. The number of benzene rings is 2. The molecular formula is C24H25NO2. The molecule has 3 heteroatoms. The monoisotopic (exact) mass is 359 g/mol. The van der Waals surface area contributed by atoms with Crippen molar-refractivity contribution in [2.45, 2.75) is 44.4 Å². The summed E-state index contributed by atoms with van der Waals surface area (Å²) in [5, 5.41) is 11.4. The van der Waals surface area contributed by atoms with Crippen molar-refractivity contribution < 1.29 is 9.90 Å². The van der Waals surface area contributed by atoms with E-state index in [1.165, 1.54) is 10.9 Å². The summed E-state index contributed by atoms with van der Waals surface area (Å²) in [6, 6.07) is 14.6. The molecule has 0 aliphatic heterocycles. The fourth-order valence-corrected chi connectivity index (χ4v) is 4.74. The quantitative estimate of drug-likeness (QED) is 0.618. The minimum absolute atomic E-state index is 0.269. The number of carbonyl (C=O) groups is 1. The molecule has 138 valence electrons. The van der Waals surface area contributed by atoms with E-state index in [0.29, 0.717) is 12.8 Å². The Bertz CT molecular complexity index is 1030. The third-order valence-electron chi connectivity index (χ3n) is 6.21. The summed E-state index contributed by atoms with van der Waals surface area (Å²) in [5.41, 5.74) is 4.71. The topological polar surface area (TPSA) is 53.1 Å². The minimum Gasteiger partial charge on any atom is -0.481 e. The maximum Gasteiger partial charge on any atom is 0.314 e. The van der Waals surface area contributed by atoms with Gasteiger partial charge in [0.05, 0.1) is 5.41 Å². The average molecular weight is 359 g/mol. The molecule has 2 aromatic carbocycles. The summed E-state index contributed by atoms with van der Waals surface area (Å²) in [4.78, 5) is 15.7. The van der Waals surface area contributed by atoms with E-state index in [-0.39, 0.29) is 5.92 Å². The van der Waals surface area contributed by atoms with Crippen molar-refractivity contribution in [2.75, 3.05) is 0 Å². The second-order valence-corrected chi connectivity index (χ2v) is 7.67. The number of fused-ring (bicyclic) bond motifs is 1. The summed E-state index contributed by atoms with van der Waals surface area (Å²) < 4.78 is 0. The van der Waals surface area contributed by atoms with Crippen LogP contribution in [0.15, 0.2) is 54.7 Å². The molecule has 3 nitrogen and oxygen atoms in total. The number of rotatable bonds is 4. The molecule has 0 radical (unpaired) electrons. The number of aromatic amines is 1. The third kappa shape index (κ3) is 2.87. The average Bonchev–Trinajstić information content (AvgIpc) is 3.30. The molecule has 2 N–H and O–H groups in total. The van der Waals surface area contributed by atoms with Crippen molar-refractivity contribution in [1.82, 2.24) is 4.98 Å². The number of H-pyrrole nitrogens is 1. The predicted octanol–water partition coefficient (Wildman–Crippen LogP) is 5.80. The Morgan fingerprint density at radius 2 is 2.11 bits per heavy atom. The molecule has 1 saturated carbocycles. The van der Waals surface area contributed by atoms with Crippen LogP contribution < -0.4 is 0 Å². The van der Waals surface area contributed by atoms with Gasteiger partial charge in [-0.3, -0.25) is 4.79 Å². The van der Waals surface area contributed by atoms with Crippen LogP contribution in [0.2, 0.25) is 0 Å². The third-order valence-corrected chi connectivity index (χ3v) is 6.21. The van der Waals surface area contributed by atoms with E-state index < -0.39 is 11.4 Å². The van der Waals surface area contributed by atoms with Crippen LogP contribution in [0.4, 0.5) is 0 Å². The van der Waals surface area contributed by atoms with Crippen LogP contribution in [0.1, 0.15) is 54.4 Å². The van der Waals surface area contributed by atoms with Gasteiger partial charge in [-0.1, -0.05) is 36.4 Å². The largest absolute Gasteiger partial charge is 0.481 e. The van der Waals surface area contributed by atoms with E-state index in [2.05, 4.69) is 48.3 Å². The first kappa shape index (κ1) is 17.6. The summed E-state index contributed by atoms with van der Waals surface area (Å²) in [7, 11) is 0. The number of hydrogen-bond acceptors (Lipinski definition) is 1. The first-order chi connectivity index (χ1) is 13.0. The zero-order chi connectivity index (χ0) is 19.0. The minimum atomic E-state index is -0.806. The maximum atomic E-state index is 12.5. The lowest BCUT2D eigenvalue weighted by atomic mass is 9.75. The van der Waals surface area contributed by atoms with Gasteiger partial charge in [0.2, 0.25) is 0 Å². The molecule has 1 aromatic heterocycles. The van der Waals surface area contributed by atoms with E-state index in [4.69, 9.17) is 0 Å². The van der Waals surface area contributed by atoms with E-state index >= 15 is 0 Å². The molecule has 3 aromatic rings. The van der Waals surface area contributed by atoms with Gasteiger partial charge >= 0.3 is 5.97 Å². The number of carboxylic acid groups (broad SMARTS) is 1. The highest BCUT2D eigenvalue weighted by Gasteiger charge is 2.48. The van der Waals surface area contributed by atoms with E-state index in [1.807, 2.05) is 31.3 Å². The highest BCUT2D eigenvalue weighted by atomic mass is 16.4. The van der Waals surface area contributed by atoms with Gasteiger partial charge in [-0.25, -0.2) is 0 Å². The lowest BCUT2D eigenvalue weighted by Crippen LogP contribution is -2.34. The van der Waals surface area contributed by atoms with Crippen LogP contribution in [-0.4, -0.2) is 16.1 Å². The van der Waals surface area contributed by atoms with Crippen LogP contribution in [0.3, 0.4) is 0 Å². The van der Waals surface area contributed by atoms with Gasteiger partial charge in [-0.2, -0.15) is 0 Å². The first-order valence-corrected chi connectivity index (χ1v) is 9.58. The van der Waals surface area contributed by atoms with Crippen LogP contribution in [0.5, 0.6) is 0 Å². The summed E-state index contributed by atoms with van der Waals surface area (Å²) in [5.74, 6) is -0.432. The highest BCUT2D eigenvalue weighted by molar-refractivity contribution is 5.84. The fraction of sp³-hybridized carbons (Fsp3) is 0.292. The van der Waals surface area contributed by atoms with Crippen LogP contribution in [0.25, 0.3) is 17.0 Å². The number of hydrogen-bond donors (Lipinski definition) is 2. The Kier molecular flexibility index (Phi) is 4.39. The Morgan fingerprint density at radius 1 is 1.26 bits per heavy atom. The van der Waals surface area contributed by atoms with Gasteiger partial charge in [0, 0.05) is 11.7 Å². The number of aliphatic carboxylic acids is 1. The van der Waals surface area contributed by atoms with Crippen molar-refractivity contribution in [2.24, 2.45) is 0 Å². The van der Waals surface area contributed by atoms with E-state index in [0.717, 1.165) is 28.6 Å². The second-order valence-electron chi connectivity index (χ2n) is 7.67. The molecular weight excluding hydrogens is 334 g/mol. The highest BCUT2D eigenvalue weighted by Crippen LogP contribution is 2.50. The van der Waals surface area contributed by atoms with E-state index in [1.54, 1.807) is 0 Å². The van der Waals surface area contributed by atoms with Gasteiger partial charge in [-0.15, -0.1) is 0 Å². The van der Waals surface area contributed by atoms with Gasteiger partial charge < -0.3 is 10.1 Å². The van der Waals surface area contributed by atoms with Gasteiger partial charge in [-0.05, 0) is 84.9 Å². The van der Waals surface area contributed by atoms with Crippen molar-refractivity contribution in [3.05, 3.63) is 77.0 Å². The Labute approximate surface area is 159 Å². The lowest BCUT2D eigenvalue weighted by molar-refractivity contribution is -0.143. The molecule has 27 heavy (non-hydrogen) atoms. The number of nitrogens with one attached hydrogen (secondary N) is 1. The first-order valence-electron chi connectivity index (χ1n) is 9.58. The molecule has 0 unspecified atom stereocenters. The van der Waals surface area contributed by atoms with Crippen LogP contribution >= 0.6 is 0 Å². The second kappa shape index (κ2) is 6.73. The molecule has 0 saturated heterocycles. The van der Waals surface area contributed by atoms with Crippen LogP contribution in [0, 0.1) is 6.92 Å². The van der Waals surface area contributed by atoms with Crippen molar-refractivity contribution in [1.29, 1.82) is 0 Å². The summed E-state index contributed by atoms with van der Waals surface area (Å²) in [6.07, 6.45) is 8.23. The lowest BCUT2D eigenvalue weighted by Gasteiger charge is -2.28. The van der Waals surface area contributed by atoms with E-state index in [9.17, 15) is 9.90 Å². The Morgan fingerprint density at radius 3 is 2.89 bits per heavy atom. The van der Waals surface area contributed by atoms with Crippen molar-refractivity contribution >= 4 is 22.9 Å². The Balaban J connectivity index is 1.74. The molecule has 1 heterocycles. The molecule has 4 rings (SSSR count). The van der Waals surface area contributed by atoms with Gasteiger partial charge in [0.15, 0.2) is 0 Å². The molecule has 0 amide bonds. The zero-order valence-corrected chi connectivity index (χ0v) is 15.8. The molecule has 1 aliphatic carbocycles. The van der Waals surface area contributed by atoms with Gasteiger partial charge in [0.1, 0.15) is 0 Å². The Hall–Kier alpha value is -2.81. The number of carboxylic acids is 1. The SMILES string of the molecule is C/C=C/c1cccc([C@]2(C(=O)O)CC[C@@H](c3ccc4[nH]ccc4c3)C2)c1C. The summed E-state index contributed by atoms with van der Waals surface area (Å²) in [6.45, 7) is 4.04. The zero-order valence-electron chi connectivity index (χ0n) is 15.8. The molecule has 2 atom stereocenters. The standard InChI is InChI=1S/C24H25NO2/c1-3-5-17-6-4-7-21(16(17)2)24(23(26)27)12-10-20(15-24)18-8-9-22-19(14-18)11-13-25-22/h3-9,11,13-14,20,25H,10,12,15H2,1-2H3,(H,26,27)/b5-3+/t20-,24+/m1/s1. The molecule has 1 aliphatic rings. The molecule has 0 spiro atoms. The number of aromatic nitrogens is 1. The normalized spacial score (nSPS) is 22.7. The fourth-order valence-electron chi connectivity index (χ4n) is 4.74. The predicted molar refractivity (Wildman–Crippen MR) is 110 cm³/mol. The van der Waals surface area contributed by atoms with Crippen molar-refractivity contribution in [3.63, 3.8) is 0 Å². The molecule has 0 bridgehead atoms. The maximum absolute atomic E-state index is 12.5. The summed E-state index contributed by atoms with van der Waals surface area (Å²) >= 11 is 0.